The van der Waals surface area contributed by atoms with Gasteiger partial charge in [-0.2, -0.15) is 0 Å². The van der Waals surface area contributed by atoms with Crippen LogP contribution in [0.25, 0.3) is 88.4 Å². The van der Waals surface area contributed by atoms with Crippen molar-refractivity contribution in [2.45, 2.75) is 0 Å². The molecule has 8 aromatic carbocycles. The number of hydrogen-bond donors (Lipinski definition) is 0. The van der Waals surface area contributed by atoms with Crippen molar-refractivity contribution in [3.63, 3.8) is 0 Å². The molecule has 0 bridgehead atoms. The van der Waals surface area contributed by atoms with E-state index in [0.29, 0.717) is 0 Å². The quantitative estimate of drug-likeness (QED) is 0.178. The van der Waals surface area contributed by atoms with Gasteiger partial charge in [0.25, 0.3) is 0 Å². The summed E-state index contributed by atoms with van der Waals surface area (Å²) >= 11 is 0. The topological polar surface area (TPSA) is 9.86 Å². The first-order chi connectivity index (χ1) is 24.8. The molecule has 0 aliphatic carbocycles. The molecule has 0 radical (unpaired) electrons. The Labute approximate surface area is 290 Å². The van der Waals surface area contributed by atoms with Gasteiger partial charge in [0.2, 0.25) is 0 Å². The standard InChI is InChI=1S/C48H32N2/c1-4-16-33(17-5-1)37-31-30-36(32-44(37)34-18-6-2-7-19-34)50-46-29-13-11-23-39(46)41-25-15-27-43(48(41)50)42-26-14-24-40-38-22-10-12-28-45(38)49(47(40)42)35-20-8-3-9-21-35/h1-32H. The molecule has 0 fully saturated rings. The van der Waals surface area contributed by atoms with Crippen LogP contribution in [0.3, 0.4) is 0 Å². The predicted octanol–water partition coefficient (Wildman–Crippen LogP) is 12.9. The highest BCUT2D eigenvalue weighted by Crippen LogP contribution is 2.44. The Kier molecular flexibility index (Phi) is 6.53. The van der Waals surface area contributed by atoms with Crippen LogP contribution >= 0.6 is 0 Å². The van der Waals surface area contributed by atoms with Crippen molar-refractivity contribution in [3.05, 3.63) is 194 Å². The van der Waals surface area contributed by atoms with E-state index >= 15 is 0 Å². The first kappa shape index (κ1) is 28.4. The molecule has 2 nitrogen and oxygen atoms in total. The second kappa shape index (κ2) is 11.5. The van der Waals surface area contributed by atoms with Gasteiger partial charge in [0.05, 0.1) is 22.1 Å². The van der Waals surface area contributed by atoms with E-state index in [-0.39, 0.29) is 0 Å². The van der Waals surface area contributed by atoms with Crippen LogP contribution in [0.4, 0.5) is 0 Å². The lowest BCUT2D eigenvalue weighted by Crippen LogP contribution is -1.99. The summed E-state index contributed by atoms with van der Waals surface area (Å²) in [6.07, 6.45) is 0. The molecule has 0 saturated heterocycles. The number of nitrogens with zero attached hydrogens (tertiary/aromatic N) is 2. The lowest BCUT2D eigenvalue weighted by Gasteiger charge is -2.17. The fraction of sp³-hybridized carbons (Fsp3) is 0. The summed E-state index contributed by atoms with van der Waals surface area (Å²) in [5.74, 6) is 0. The molecule has 2 heterocycles. The van der Waals surface area contributed by atoms with E-state index in [1.807, 2.05) is 0 Å². The number of rotatable bonds is 5. The molecule has 2 heteroatoms. The number of fused-ring (bicyclic) bond motifs is 6. The van der Waals surface area contributed by atoms with E-state index in [4.69, 9.17) is 0 Å². The van der Waals surface area contributed by atoms with Crippen molar-refractivity contribution in [1.82, 2.24) is 9.13 Å². The van der Waals surface area contributed by atoms with Crippen LogP contribution in [0.1, 0.15) is 0 Å². The van der Waals surface area contributed by atoms with E-state index in [0.717, 1.165) is 11.4 Å². The molecule has 0 aliphatic heterocycles. The van der Waals surface area contributed by atoms with Gasteiger partial charge in [0.15, 0.2) is 0 Å². The van der Waals surface area contributed by atoms with Gasteiger partial charge in [0.1, 0.15) is 0 Å². The fourth-order valence-electron chi connectivity index (χ4n) is 7.98. The van der Waals surface area contributed by atoms with E-state index in [9.17, 15) is 0 Å². The third kappa shape index (κ3) is 4.36. The van der Waals surface area contributed by atoms with E-state index in [1.165, 1.54) is 77.0 Å². The average molecular weight is 637 g/mol. The Morgan fingerprint density at radius 1 is 0.260 bits per heavy atom. The number of aromatic nitrogens is 2. The van der Waals surface area contributed by atoms with Gasteiger partial charge in [-0.3, -0.25) is 0 Å². The molecule has 50 heavy (non-hydrogen) atoms. The summed E-state index contributed by atoms with van der Waals surface area (Å²) in [4.78, 5) is 0. The Hall–Kier alpha value is -6.64. The number of para-hydroxylation sites is 5. The van der Waals surface area contributed by atoms with Gasteiger partial charge < -0.3 is 9.13 Å². The lowest BCUT2D eigenvalue weighted by atomic mass is 9.94. The Bertz CT molecular complexity index is 2840. The highest BCUT2D eigenvalue weighted by atomic mass is 15.0. The Morgan fingerprint density at radius 3 is 1.26 bits per heavy atom. The summed E-state index contributed by atoms with van der Waals surface area (Å²) in [5, 5.41) is 4.99. The molecule has 2 aromatic heterocycles. The fourth-order valence-corrected chi connectivity index (χ4v) is 7.98. The first-order valence-electron chi connectivity index (χ1n) is 17.2. The maximum absolute atomic E-state index is 2.48. The van der Waals surface area contributed by atoms with Gasteiger partial charge >= 0.3 is 0 Å². The van der Waals surface area contributed by atoms with Crippen molar-refractivity contribution in [2.75, 3.05) is 0 Å². The summed E-state index contributed by atoms with van der Waals surface area (Å²) in [6, 6.07) is 70.4. The normalized spacial score (nSPS) is 11.6. The van der Waals surface area contributed by atoms with Crippen molar-refractivity contribution in [2.24, 2.45) is 0 Å². The van der Waals surface area contributed by atoms with E-state index < -0.39 is 0 Å². The molecule has 0 spiro atoms. The molecule has 10 aromatic rings. The second-order valence-electron chi connectivity index (χ2n) is 12.9. The smallest absolute Gasteiger partial charge is 0.0620 e. The van der Waals surface area contributed by atoms with Crippen LogP contribution < -0.4 is 0 Å². The van der Waals surface area contributed by atoms with Crippen LogP contribution in [-0.2, 0) is 0 Å². The highest BCUT2D eigenvalue weighted by Gasteiger charge is 2.21. The van der Waals surface area contributed by atoms with Gasteiger partial charge in [-0.15, -0.1) is 0 Å². The van der Waals surface area contributed by atoms with Crippen LogP contribution in [0.2, 0.25) is 0 Å². The summed E-state index contributed by atoms with van der Waals surface area (Å²) < 4.78 is 4.92. The minimum Gasteiger partial charge on any atom is -0.309 e. The lowest BCUT2D eigenvalue weighted by molar-refractivity contribution is 1.17. The van der Waals surface area contributed by atoms with Gasteiger partial charge in [-0.1, -0.05) is 158 Å². The van der Waals surface area contributed by atoms with E-state index in [1.54, 1.807) is 0 Å². The predicted molar refractivity (Wildman–Crippen MR) is 211 cm³/mol. The average Bonchev–Trinajstić information content (AvgIpc) is 3.72. The number of benzene rings is 8. The van der Waals surface area contributed by atoms with Gasteiger partial charge in [-0.25, -0.2) is 0 Å². The zero-order valence-electron chi connectivity index (χ0n) is 27.4. The van der Waals surface area contributed by atoms with Crippen LogP contribution in [0.5, 0.6) is 0 Å². The minimum atomic E-state index is 1.14. The van der Waals surface area contributed by atoms with Crippen LogP contribution in [-0.4, -0.2) is 9.13 Å². The molecular formula is C48H32N2. The summed E-state index contributed by atoms with van der Waals surface area (Å²) in [6.45, 7) is 0. The van der Waals surface area contributed by atoms with Crippen LogP contribution in [0, 0.1) is 0 Å². The van der Waals surface area contributed by atoms with Crippen molar-refractivity contribution in [1.29, 1.82) is 0 Å². The van der Waals surface area contributed by atoms with E-state index in [2.05, 4.69) is 203 Å². The van der Waals surface area contributed by atoms with Crippen molar-refractivity contribution >= 4 is 43.6 Å². The third-order valence-electron chi connectivity index (χ3n) is 10.1. The first-order valence-corrected chi connectivity index (χ1v) is 17.2. The Balaban J connectivity index is 1.32. The maximum atomic E-state index is 2.48. The SMILES string of the molecule is c1ccc(-c2ccc(-n3c4ccccc4c4cccc(-c5cccc6c7ccccc7n(-c7ccccc7)c56)c43)cc2-c2ccccc2)cc1. The molecule has 0 unspecified atom stereocenters. The van der Waals surface area contributed by atoms with Crippen LogP contribution in [0.15, 0.2) is 194 Å². The largest absolute Gasteiger partial charge is 0.309 e. The van der Waals surface area contributed by atoms with Gasteiger partial charge in [-0.05, 0) is 58.7 Å². The highest BCUT2D eigenvalue weighted by molar-refractivity contribution is 6.19. The molecule has 0 atom stereocenters. The molecule has 234 valence electrons. The maximum Gasteiger partial charge on any atom is 0.0620 e. The molecule has 0 amide bonds. The van der Waals surface area contributed by atoms with Crippen molar-refractivity contribution in [3.8, 4) is 44.8 Å². The summed E-state index contributed by atoms with van der Waals surface area (Å²) in [5.41, 5.74) is 14.4. The van der Waals surface area contributed by atoms with Gasteiger partial charge in [0, 0.05) is 44.0 Å². The zero-order valence-corrected chi connectivity index (χ0v) is 27.4. The van der Waals surface area contributed by atoms with Crippen molar-refractivity contribution < 1.29 is 0 Å². The zero-order chi connectivity index (χ0) is 33.0. The molecule has 10 rings (SSSR count). The monoisotopic (exact) mass is 636 g/mol. The molecular weight excluding hydrogens is 605 g/mol. The third-order valence-corrected chi connectivity index (χ3v) is 10.1. The minimum absolute atomic E-state index is 1.14. The Morgan fingerprint density at radius 2 is 0.700 bits per heavy atom. The number of hydrogen-bond acceptors (Lipinski definition) is 0. The molecule has 0 N–H and O–H groups in total. The molecule has 0 aliphatic rings. The summed E-state index contributed by atoms with van der Waals surface area (Å²) in [7, 11) is 0. The second-order valence-corrected chi connectivity index (χ2v) is 12.9. The molecule has 0 saturated carbocycles.